The fraction of sp³-hybridized carbons (Fsp3) is 0.111. The van der Waals surface area contributed by atoms with Crippen LogP contribution in [0, 0.1) is 6.92 Å². The highest BCUT2D eigenvalue weighted by Gasteiger charge is 2.07. The number of aromatic amines is 1. The molecular formula is C18H17N3O. The largest absolute Gasteiger partial charge is 0.326 e. The van der Waals surface area contributed by atoms with E-state index in [1.807, 2.05) is 61.5 Å². The molecule has 4 nitrogen and oxygen atoms in total. The van der Waals surface area contributed by atoms with E-state index in [2.05, 4.69) is 15.5 Å². The molecule has 110 valence electrons. The maximum Gasteiger partial charge on any atom is 0.228 e. The number of amides is 1. The smallest absolute Gasteiger partial charge is 0.228 e. The van der Waals surface area contributed by atoms with Gasteiger partial charge in [-0.2, -0.15) is 5.10 Å². The van der Waals surface area contributed by atoms with Gasteiger partial charge in [0.25, 0.3) is 0 Å². The summed E-state index contributed by atoms with van der Waals surface area (Å²) >= 11 is 0. The summed E-state index contributed by atoms with van der Waals surface area (Å²) in [4.78, 5) is 12.2. The highest BCUT2D eigenvalue weighted by Crippen LogP contribution is 2.20. The summed E-state index contributed by atoms with van der Waals surface area (Å²) in [6, 6.07) is 17.5. The van der Waals surface area contributed by atoms with Gasteiger partial charge in [-0.1, -0.05) is 36.4 Å². The second-order valence-electron chi connectivity index (χ2n) is 5.20. The summed E-state index contributed by atoms with van der Waals surface area (Å²) in [6.45, 7) is 2.02. The number of H-pyrrole nitrogens is 1. The zero-order valence-electron chi connectivity index (χ0n) is 12.3. The van der Waals surface area contributed by atoms with Gasteiger partial charge in [0.1, 0.15) is 0 Å². The van der Waals surface area contributed by atoms with E-state index >= 15 is 0 Å². The highest BCUT2D eigenvalue weighted by molar-refractivity contribution is 5.93. The van der Waals surface area contributed by atoms with Crippen molar-refractivity contribution in [3.8, 4) is 11.3 Å². The van der Waals surface area contributed by atoms with Crippen molar-refractivity contribution in [2.45, 2.75) is 13.3 Å². The molecule has 0 saturated carbocycles. The van der Waals surface area contributed by atoms with Crippen LogP contribution >= 0.6 is 0 Å². The molecule has 0 aliphatic rings. The van der Waals surface area contributed by atoms with Gasteiger partial charge in [0.05, 0.1) is 12.1 Å². The molecule has 1 heterocycles. The molecule has 0 bridgehead atoms. The van der Waals surface area contributed by atoms with Crippen LogP contribution in [0.15, 0.2) is 60.8 Å². The van der Waals surface area contributed by atoms with Gasteiger partial charge < -0.3 is 5.32 Å². The van der Waals surface area contributed by atoms with Crippen molar-refractivity contribution in [2.75, 3.05) is 5.32 Å². The monoisotopic (exact) mass is 291 g/mol. The maximum absolute atomic E-state index is 12.2. The van der Waals surface area contributed by atoms with Gasteiger partial charge in [-0.15, -0.1) is 0 Å². The lowest BCUT2D eigenvalue weighted by Gasteiger charge is -2.08. The van der Waals surface area contributed by atoms with Crippen LogP contribution in [0.1, 0.15) is 11.1 Å². The summed E-state index contributed by atoms with van der Waals surface area (Å²) < 4.78 is 0. The third-order valence-electron chi connectivity index (χ3n) is 3.57. The number of nitrogens with one attached hydrogen (secondary N) is 2. The number of benzene rings is 2. The van der Waals surface area contributed by atoms with E-state index in [9.17, 15) is 4.79 Å². The van der Waals surface area contributed by atoms with Gasteiger partial charge in [-0.3, -0.25) is 9.89 Å². The molecule has 0 atom stereocenters. The van der Waals surface area contributed by atoms with Gasteiger partial charge >= 0.3 is 0 Å². The van der Waals surface area contributed by atoms with Crippen LogP contribution in [-0.4, -0.2) is 16.1 Å². The average molecular weight is 291 g/mol. The molecule has 4 heteroatoms. The highest BCUT2D eigenvalue weighted by atomic mass is 16.1. The Morgan fingerprint density at radius 3 is 2.77 bits per heavy atom. The molecule has 3 rings (SSSR count). The SMILES string of the molecule is Cc1ccccc1CC(=O)Nc1cccc(-c2ccn[nH]2)c1. The van der Waals surface area contributed by atoms with Crippen LogP contribution in [0.3, 0.4) is 0 Å². The molecule has 0 aliphatic carbocycles. The van der Waals surface area contributed by atoms with Crippen molar-refractivity contribution in [3.05, 3.63) is 71.9 Å². The third kappa shape index (κ3) is 3.23. The maximum atomic E-state index is 12.2. The topological polar surface area (TPSA) is 57.8 Å². The van der Waals surface area contributed by atoms with E-state index in [0.717, 1.165) is 28.1 Å². The number of carbonyl (C=O) groups excluding carboxylic acids is 1. The summed E-state index contributed by atoms with van der Waals surface area (Å²) in [7, 11) is 0. The molecule has 0 radical (unpaired) electrons. The standard InChI is InChI=1S/C18H17N3O/c1-13-5-2-3-6-14(13)12-18(22)20-16-8-4-7-15(11-16)17-9-10-19-21-17/h2-11H,12H2,1H3,(H,19,21)(H,20,22). The molecular weight excluding hydrogens is 274 g/mol. The van der Waals surface area contributed by atoms with E-state index in [4.69, 9.17) is 0 Å². The third-order valence-corrected chi connectivity index (χ3v) is 3.57. The van der Waals surface area contributed by atoms with Crippen LogP contribution in [0.5, 0.6) is 0 Å². The summed E-state index contributed by atoms with van der Waals surface area (Å²) in [5.41, 5.74) is 4.88. The van der Waals surface area contributed by atoms with E-state index in [1.165, 1.54) is 0 Å². The fourth-order valence-electron chi connectivity index (χ4n) is 2.37. The zero-order valence-corrected chi connectivity index (χ0v) is 12.3. The lowest BCUT2D eigenvalue weighted by Crippen LogP contribution is -2.15. The molecule has 1 amide bonds. The molecule has 0 spiro atoms. The van der Waals surface area contributed by atoms with E-state index < -0.39 is 0 Å². The Bertz CT molecular complexity index is 779. The molecule has 22 heavy (non-hydrogen) atoms. The van der Waals surface area contributed by atoms with E-state index in [1.54, 1.807) is 6.20 Å². The minimum absolute atomic E-state index is 0.0175. The Labute approximate surface area is 129 Å². The fourth-order valence-corrected chi connectivity index (χ4v) is 2.37. The number of aromatic nitrogens is 2. The van der Waals surface area contributed by atoms with Gasteiger partial charge in [0.15, 0.2) is 0 Å². The molecule has 0 aliphatic heterocycles. The number of anilines is 1. The number of rotatable bonds is 4. The minimum atomic E-state index is -0.0175. The van der Waals surface area contributed by atoms with Gasteiger partial charge in [-0.05, 0) is 36.2 Å². The number of hydrogen-bond acceptors (Lipinski definition) is 2. The molecule has 1 aromatic heterocycles. The predicted octanol–water partition coefficient (Wildman–Crippen LogP) is 3.57. The van der Waals surface area contributed by atoms with Crippen LogP contribution < -0.4 is 5.32 Å². The number of nitrogens with zero attached hydrogens (tertiary/aromatic N) is 1. The molecule has 0 saturated heterocycles. The Balaban J connectivity index is 1.72. The lowest BCUT2D eigenvalue weighted by molar-refractivity contribution is -0.115. The molecule has 3 aromatic rings. The minimum Gasteiger partial charge on any atom is -0.326 e. The second kappa shape index (κ2) is 6.26. The number of carbonyl (C=O) groups is 1. The van der Waals surface area contributed by atoms with Crippen molar-refractivity contribution in [1.82, 2.24) is 10.2 Å². The quantitative estimate of drug-likeness (QED) is 0.772. The normalized spacial score (nSPS) is 10.4. The summed E-state index contributed by atoms with van der Waals surface area (Å²) in [5, 5.41) is 9.81. The van der Waals surface area contributed by atoms with Crippen LogP contribution in [0.2, 0.25) is 0 Å². The Hall–Kier alpha value is -2.88. The molecule has 0 unspecified atom stereocenters. The number of aryl methyl sites for hydroxylation is 1. The first-order chi connectivity index (χ1) is 10.7. The molecule has 0 fully saturated rings. The summed E-state index contributed by atoms with van der Waals surface area (Å²) in [6.07, 6.45) is 2.08. The first-order valence-corrected chi connectivity index (χ1v) is 7.16. The molecule has 2 aromatic carbocycles. The van der Waals surface area contributed by atoms with E-state index in [-0.39, 0.29) is 5.91 Å². The van der Waals surface area contributed by atoms with Crippen LogP contribution in [-0.2, 0) is 11.2 Å². The van der Waals surface area contributed by atoms with Crippen molar-refractivity contribution >= 4 is 11.6 Å². The number of hydrogen-bond donors (Lipinski definition) is 2. The molecule has 2 N–H and O–H groups in total. The van der Waals surface area contributed by atoms with E-state index in [0.29, 0.717) is 6.42 Å². The summed E-state index contributed by atoms with van der Waals surface area (Å²) in [5.74, 6) is -0.0175. The van der Waals surface area contributed by atoms with Gasteiger partial charge in [-0.25, -0.2) is 0 Å². The second-order valence-corrected chi connectivity index (χ2v) is 5.20. The lowest BCUT2D eigenvalue weighted by atomic mass is 10.1. The van der Waals surface area contributed by atoms with Crippen molar-refractivity contribution in [2.24, 2.45) is 0 Å². The van der Waals surface area contributed by atoms with Crippen molar-refractivity contribution in [1.29, 1.82) is 0 Å². The Morgan fingerprint density at radius 1 is 1.14 bits per heavy atom. The van der Waals surface area contributed by atoms with Crippen molar-refractivity contribution < 1.29 is 4.79 Å². The Kier molecular flexibility index (Phi) is 4.01. The Morgan fingerprint density at radius 2 is 2.00 bits per heavy atom. The van der Waals surface area contributed by atoms with Crippen LogP contribution in [0.4, 0.5) is 5.69 Å². The van der Waals surface area contributed by atoms with Gasteiger partial charge in [0.2, 0.25) is 5.91 Å². The van der Waals surface area contributed by atoms with Gasteiger partial charge in [0, 0.05) is 17.4 Å². The zero-order chi connectivity index (χ0) is 15.4. The van der Waals surface area contributed by atoms with Crippen LogP contribution in [0.25, 0.3) is 11.3 Å². The first kappa shape index (κ1) is 14.1. The van der Waals surface area contributed by atoms with Crippen molar-refractivity contribution in [3.63, 3.8) is 0 Å². The predicted molar refractivity (Wildman–Crippen MR) is 87.5 cm³/mol. The first-order valence-electron chi connectivity index (χ1n) is 7.16. The average Bonchev–Trinajstić information content (AvgIpc) is 3.04.